The molecule has 4 N–H and O–H groups in total. The standard InChI is InChI=1S/C12H20N4O2/c13-8-4-2-1-3-5-9(8)14-12(18)10-6-7-11(17)16-15-10/h8-9H,1-7,13H2,(H,14,18)(H,16,17). The Hall–Kier alpha value is -1.43. The number of nitrogens with two attached hydrogens (primary N) is 1. The number of hydrogen-bond acceptors (Lipinski definition) is 4. The van der Waals surface area contributed by atoms with Crippen molar-refractivity contribution < 1.29 is 9.59 Å². The number of rotatable bonds is 2. The lowest BCUT2D eigenvalue weighted by Crippen LogP contribution is -2.49. The lowest BCUT2D eigenvalue weighted by atomic mass is 10.0. The molecule has 0 saturated heterocycles. The number of hydrogen-bond donors (Lipinski definition) is 3. The van der Waals surface area contributed by atoms with E-state index in [1.807, 2.05) is 0 Å². The summed E-state index contributed by atoms with van der Waals surface area (Å²) in [6.45, 7) is 0. The van der Waals surface area contributed by atoms with Crippen LogP contribution in [0.4, 0.5) is 0 Å². The summed E-state index contributed by atoms with van der Waals surface area (Å²) in [6, 6.07) is 0.0514. The maximum absolute atomic E-state index is 12.0. The van der Waals surface area contributed by atoms with Crippen molar-refractivity contribution in [3.63, 3.8) is 0 Å². The van der Waals surface area contributed by atoms with Crippen molar-refractivity contribution in [1.29, 1.82) is 0 Å². The topological polar surface area (TPSA) is 96.6 Å². The van der Waals surface area contributed by atoms with Crippen LogP contribution in [-0.4, -0.2) is 29.6 Å². The second kappa shape index (κ2) is 5.95. The van der Waals surface area contributed by atoms with Crippen LogP contribution in [0.15, 0.2) is 5.10 Å². The van der Waals surface area contributed by atoms with Crippen LogP contribution in [0.2, 0.25) is 0 Å². The molecule has 1 saturated carbocycles. The van der Waals surface area contributed by atoms with E-state index in [2.05, 4.69) is 15.8 Å². The minimum absolute atomic E-state index is 0.0234. The van der Waals surface area contributed by atoms with E-state index in [0.717, 1.165) is 25.7 Å². The molecule has 2 amide bonds. The monoisotopic (exact) mass is 252 g/mol. The third-order valence-corrected chi connectivity index (χ3v) is 3.55. The highest BCUT2D eigenvalue weighted by Crippen LogP contribution is 2.16. The first-order valence-electron chi connectivity index (χ1n) is 6.58. The van der Waals surface area contributed by atoms with Crippen LogP contribution in [0.5, 0.6) is 0 Å². The molecule has 0 aromatic heterocycles. The fourth-order valence-corrected chi connectivity index (χ4v) is 2.41. The van der Waals surface area contributed by atoms with Crippen LogP contribution in [0.1, 0.15) is 44.9 Å². The van der Waals surface area contributed by atoms with Gasteiger partial charge in [0.1, 0.15) is 5.71 Å². The highest BCUT2D eigenvalue weighted by molar-refractivity contribution is 6.39. The summed E-state index contributed by atoms with van der Waals surface area (Å²) in [5, 5.41) is 6.74. The fourth-order valence-electron chi connectivity index (χ4n) is 2.41. The summed E-state index contributed by atoms with van der Waals surface area (Å²) >= 11 is 0. The second-order valence-electron chi connectivity index (χ2n) is 4.98. The van der Waals surface area contributed by atoms with Crippen molar-refractivity contribution in [2.24, 2.45) is 10.8 Å². The average Bonchev–Trinajstić information content (AvgIpc) is 2.56. The maximum atomic E-state index is 12.0. The molecule has 1 heterocycles. The van der Waals surface area contributed by atoms with Crippen LogP contribution in [0.3, 0.4) is 0 Å². The maximum Gasteiger partial charge on any atom is 0.267 e. The molecule has 1 aliphatic heterocycles. The molecule has 6 nitrogen and oxygen atoms in total. The molecule has 1 aliphatic carbocycles. The molecule has 2 aliphatic rings. The van der Waals surface area contributed by atoms with Crippen molar-refractivity contribution in [3.05, 3.63) is 0 Å². The minimum atomic E-state index is -0.197. The minimum Gasteiger partial charge on any atom is -0.347 e. The first-order valence-corrected chi connectivity index (χ1v) is 6.58. The quantitative estimate of drug-likeness (QED) is 0.605. The predicted molar refractivity (Wildman–Crippen MR) is 67.8 cm³/mol. The lowest BCUT2D eigenvalue weighted by molar-refractivity contribution is -0.121. The van der Waals surface area contributed by atoms with Gasteiger partial charge in [-0.1, -0.05) is 19.3 Å². The van der Waals surface area contributed by atoms with Crippen LogP contribution < -0.4 is 16.5 Å². The van der Waals surface area contributed by atoms with Crippen molar-refractivity contribution in [2.75, 3.05) is 0 Å². The Bertz CT molecular complexity index is 367. The smallest absolute Gasteiger partial charge is 0.267 e. The SMILES string of the molecule is NC1CCCCCC1NC(=O)C1=NNC(=O)CC1. The van der Waals surface area contributed by atoms with Gasteiger partial charge in [0.05, 0.1) is 0 Å². The first kappa shape index (κ1) is 13.0. The molecule has 0 bridgehead atoms. The van der Waals surface area contributed by atoms with Gasteiger partial charge in [-0.15, -0.1) is 0 Å². The van der Waals surface area contributed by atoms with Gasteiger partial charge in [-0.2, -0.15) is 5.10 Å². The Morgan fingerprint density at radius 2 is 2.06 bits per heavy atom. The Balaban J connectivity index is 1.91. The summed E-state index contributed by atoms with van der Waals surface area (Å²) in [5.41, 5.74) is 8.78. The molecule has 0 radical (unpaired) electrons. The normalized spacial score (nSPS) is 28.9. The molecule has 2 atom stereocenters. The van der Waals surface area contributed by atoms with E-state index in [9.17, 15) is 9.59 Å². The van der Waals surface area contributed by atoms with Crippen LogP contribution in [0, 0.1) is 0 Å². The van der Waals surface area contributed by atoms with Crippen LogP contribution >= 0.6 is 0 Å². The van der Waals surface area contributed by atoms with E-state index in [4.69, 9.17) is 5.73 Å². The summed E-state index contributed by atoms with van der Waals surface area (Å²) in [4.78, 5) is 22.9. The van der Waals surface area contributed by atoms with Gasteiger partial charge in [-0.3, -0.25) is 9.59 Å². The molecule has 0 spiro atoms. The van der Waals surface area contributed by atoms with Gasteiger partial charge in [0.2, 0.25) is 5.91 Å². The average molecular weight is 252 g/mol. The summed E-state index contributed by atoms with van der Waals surface area (Å²) < 4.78 is 0. The molecular weight excluding hydrogens is 232 g/mol. The number of nitrogens with zero attached hydrogens (tertiary/aromatic N) is 1. The molecule has 1 fully saturated rings. The van der Waals surface area contributed by atoms with Crippen molar-refractivity contribution in [2.45, 2.75) is 57.0 Å². The largest absolute Gasteiger partial charge is 0.347 e. The lowest BCUT2D eigenvalue weighted by Gasteiger charge is -2.23. The third kappa shape index (κ3) is 3.29. The summed E-state index contributed by atoms with van der Waals surface area (Å²) in [7, 11) is 0. The Labute approximate surface area is 106 Å². The van der Waals surface area contributed by atoms with Gasteiger partial charge < -0.3 is 11.1 Å². The van der Waals surface area contributed by atoms with E-state index in [1.54, 1.807) is 0 Å². The summed E-state index contributed by atoms with van der Waals surface area (Å²) in [6.07, 6.45) is 6.01. The Morgan fingerprint density at radius 1 is 1.28 bits per heavy atom. The predicted octanol–water partition coefficient (Wildman–Crippen LogP) is 0.0286. The molecule has 2 unspecified atom stereocenters. The number of hydrazone groups is 1. The second-order valence-corrected chi connectivity index (χ2v) is 4.98. The zero-order chi connectivity index (χ0) is 13.0. The highest BCUT2D eigenvalue weighted by atomic mass is 16.2. The molecule has 2 rings (SSSR count). The third-order valence-electron chi connectivity index (χ3n) is 3.55. The van der Waals surface area contributed by atoms with E-state index < -0.39 is 0 Å². The van der Waals surface area contributed by atoms with Crippen LogP contribution in [-0.2, 0) is 9.59 Å². The number of carbonyl (C=O) groups excluding carboxylic acids is 2. The zero-order valence-electron chi connectivity index (χ0n) is 10.4. The van der Waals surface area contributed by atoms with Crippen LogP contribution in [0.25, 0.3) is 0 Å². The molecule has 18 heavy (non-hydrogen) atoms. The Kier molecular flexibility index (Phi) is 4.30. The zero-order valence-corrected chi connectivity index (χ0v) is 10.4. The molecular formula is C12H20N4O2. The Morgan fingerprint density at radius 3 is 2.78 bits per heavy atom. The van der Waals surface area contributed by atoms with E-state index in [-0.39, 0.29) is 23.9 Å². The van der Waals surface area contributed by atoms with E-state index in [1.165, 1.54) is 6.42 Å². The number of nitrogens with one attached hydrogen (secondary N) is 2. The molecule has 100 valence electrons. The van der Waals surface area contributed by atoms with Gasteiger partial charge in [0, 0.05) is 24.9 Å². The van der Waals surface area contributed by atoms with Gasteiger partial charge in [0.25, 0.3) is 5.91 Å². The van der Waals surface area contributed by atoms with Crippen molar-refractivity contribution in [1.82, 2.24) is 10.7 Å². The molecule has 6 heteroatoms. The van der Waals surface area contributed by atoms with Crippen molar-refractivity contribution in [3.8, 4) is 0 Å². The van der Waals surface area contributed by atoms with Crippen molar-refractivity contribution >= 4 is 17.5 Å². The van der Waals surface area contributed by atoms with E-state index in [0.29, 0.717) is 18.6 Å². The van der Waals surface area contributed by atoms with E-state index >= 15 is 0 Å². The van der Waals surface area contributed by atoms with Gasteiger partial charge >= 0.3 is 0 Å². The number of amides is 2. The van der Waals surface area contributed by atoms with Gasteiger partial charge in [0.15, 0.2) is 0 Å². The highest BCUT2D eigenvalue weighted by Gasteiger charge is 2.25. The summed E-state index contributed by atoms with van der Waals surface area (Å²) in [5.74, 6) is -0.338. The first-order chi connectivity index (χ1) is 8.66. The van der Waals surface area contributed by atoms with Gasteiger partial charge in [-0.25, -0.2) is 5.43 Å². The van der Waals surface area contributed by atoms with Gasteiger partial charge in [-0.05, 0) is 12.8 Å². The molecule has 0 aromatic rings. The fraction of sp³-hybridized carbons (Fsp3) is 0.750. The molecule has 0 aromatic carbocycles. The number of carbonyl (C=O) groups is 2.